The maximum atomic E-state index is 13.4. The van der Waals surface area contributed by atoms with Crippen LogP contribution in [0.25, 0.3) is 0 Å². The third-order valence-corrected chi connectivity index (χ3v) is 2.53. The fraction of sp³-hybridized carbons (Fsp3) is 0.385. The summed E-state index contributed by atoms with van der Waals surface area (Å²) >= 11 is 0. The molecule has 1 N–H and O–H groups in total. The van der Waals surface area contributed by atoms with E-state index in [1.54, 1.807) is 12.1 Å². The van der Waals surface area contributed by atoms with Gasteiger partial charge in [-0.05, 0) is 24.1 Å². The molecule has 0 amide bonds. The van der Waals surface area contributed by atoms with Gasteiger partial charge in [-0.2, -0.15) is 5.26 Å². The predicted octanol–water partition coefficient (Wildman–Crippen LogP) is 2.31. The first-order chi connectivity index (χ1) is 8.49. The molecule has 18 heavy (non-hydrogen) atoms. The second kappa shape index (κ2) is 6.01. The highest BCUT2D eigenvalue weighted by molar-refractivity contribution is 5.79. The van der Waals surface area contributed by atoms with Gasteiger partial charge in [0.15, 0.2) is 0 Å². The summed E-state index contributed by atoms with van der Waals surface area (Å²) in [6, 6.07) is 5.30. The molecule has 0 radical (unpaired) electrons. The molecular formula is C13H15FN2O2. The van der Waals surface area contributed by atoms with E-state index in [0.29, 0.717) is 5.69 Å². The number of hydrogen-bond acceptors (Lipinski definition) is 4. The molecule has 96 valence electrons. The molecule has 1 atom stereocenters. The summed E-state index contributed by atoms with van der Waals surface area (Å²) in [7, 11) is 1.30. The van der Waals surface area contributed by atoms with Crippen molar-refractivity contribution in [1.29, 1.82) is 5.26 Å². The third-order valence-electron chi connectivity index (χ3n) is 2.53. The Kier molecular flexibility index (Phi) is 4.67. The average molecular weight is 250 g/mol. The van der Waals surface area contributed by atoms with Crippen molar-refractivity contribution in [2.75, 3.05) is 12.4 Å². The lowest BCUT2D eigenvalue weighted by atomic mass is 10.0. The SMILES string of the molecule is COC(=O)C(Nc1ccc(C#N)c(F)c1)C(C)C. The van der Waals surface area contributed by atoms with E-state index < -0.39 is 17.8 Å². The quantitative estimate of drug-likeness (QED) is 0.833. The van der Waals surface area contributed by atoms with Crippen molar-refractivity contribution >= 4 is 11.7 Å². The highest BCUT2D eigenvalue weighted by atomic mass is 19.1. The van der Waals surface area contributed by atoms with Crippen molar-refractivity contribution < 1.29 is 13.9 Å². The second-order valence-corrected chi connectivity index (χ2v) is 4.20. The normalized spacial score (nSPS) is 11.8. The van der Waals surface area contributed by atoms with Gasteiger partial charge in [0.05, 0.1) is 12.7 Å². The number of hydrogen-bond donors (Lipinski definition) is 1. The minimum Gasteiger partial charge on any atom is -0.467 e. The van der Waals surface area contributed by atoms with Gasteiger partial charge in [-0.15, -0.1) is 0 Å². The van der Waals surface area contributed by atoms with Crippen LogP contribution < -0.4 is 5.32 Å². The standard InChI is InChI=1S/C13H15FN2O2/c1-8(2)12(13(17)18-3)16-10-5-4-9(7-15)11(14)6-10/h4-6,8,12,16H,1-3H3. The van der Waals surface area contributed by atoms with Gasteiger partial charge in [0.25, 0.3) is 0 Å². The van der Waals surface area contributed by atoms with Crippen LogP contribution >= 0.6 is 0 Å². The van der Waals surface area contributed by atoms with Gasteiger partial charge in [0.1, 0.15) is 17.9 Å². The number of nitrogens with zero attached hydrogens (tertiary/aromatic N) is 1. The number of nitriles is 1. The Morgan fingerprint density at radius 1 is 1.50 bits per heavy atom. The first-order valence-corrected chi connectivity index (χ1v) is 5.53. The minimum absolute atomic E-state index is 0.00356. The summed E-state index contributed by atoms with van der Waals surface area (Å²) in [4.78, 5) is 11.5. The first kappa shape index (κ1) is 14.0. The van der Waals surface area contributed by atoms with Crippen LogP contribution in [0.1, 0.15) is 19.4 Å². The molecular weight excluding hydrogens is 235 g/mol. The first-order valence-electron chi connectivity index (χ1n) is 5.53. The fourth-order valence-electron chi connectivity index (χ4n) is 1.50. The molecule has 1 rings (SSSR count). The highest BCUT2D eigenvalue weighted by Crippen LogP contribution is 2.17. The third kappa shape index (κ3) is 3.20. The Bertz CT molecular complexity index is 480. The molecule has 0 aliphatic rings. The number of carbonyl (C=O) groups excluding carboxylic acids is 1. The summed E-state index contributed by atoms with van der Waals surface area (Å²) in [5.41, 5.74) is 0.412. The van der Waals surface area contributed by atoms with Crippen molar-refractivity contribution in [3.8, 4) is 6.07 Å². The monoisotopic (exact) mass is 250 g/mol. The minimum atomic E-state index is -0.616. The Balaban J connectivity index is 2.92. The van der Waals surface area contributed by atoms with Crippen LogP contribution in [0.15, 0.2) is 18.2 Å². The van der Waals surface area contributed by atoms with E-state index >= 15 is 0 Å². The zero-order valence-electron chi connectivity index (χ0n) is 10.5. The lowest BCUT2D eigenvalue weighted by molar-refractivity contribution is -0.142. The van der Waals surface area contributed by atoms with Gasteiger partial charge < -0.3 is 10.1 Å². The maximum Gasteiger partial charge on any atom is 0.328 e. The molecule has 0 bridgehead atoms. The number of halogens is 1. The number of ether oxygens (including phenoxy) is 1. The molecule has 0 saturated carbocycles. The van der Waals surface area contributed by atoms with Crippen molar-refractivity contribution in [2.45, 2.75) is 19.9 Å². The molecule has 0 spiro atoms. The van der Waals surface area contributed by atoms with Gasteiger partial charge >= 0.3 is 5.97 Å². The molecule has 1 unspecified atom stereocenters. The fourth-order valence-corrected chi connectivity index (χ4v) is 1.50. The second-order valence-electron chi connectivity index (χ2n) is 4.20. The number of methoxy groups -OCH3 is 1. The summed E-state index contributed by atoms with van der Waals surface area (Å²) in [6.07, 6.45) is 0. The number of carbonyl (C=O) groups is 1. The molecule has 4 nitrogen and oxygen atoms in total. The molecule has 1 aromatic carbocycles. The van der Waals surface area contributed by atoms with Crippen molar-refractivity contribution in [3.63, 3.8) is 0 Å². The summed E-state index contributed by atoms with van der Waals surface area (Å²) in [5, 5.41) is 11.5. The Labute approximate surface area is 105 Å². The number of benzene rings is 1. The molecule has 0 fully saturated rings. The summed E-state index contributed by atoms with van der Waals surface area (Å²) in [6.45, 7) is 3.71. The smallest absolute Gasteiger partial charge is 0.328 e. The number of anilines is 1. The van der Waals surface area contributed by atoms with Gasteiger partial charge in [0.2, 0.25) is 0 Å². The lowest BCUT2D eigenvalue weighted by Crippen LogP contribution is -2.35. The number of rotatable bonds is 4. The van der Waals surface area contributed by atoms with E-state index in [-0.39, 0.29) is 11.5 Å². The van der Waals surface area contributed by atoms with Gasteiger partial charge in [-0.1, -0.05) is 13.8 Å². The molecule has 0 heterocycles. The Morgan fingerprint density at radius 2 is 2.17 bits per heavy atom. The molecule has 0 aliphatic carbocycles. The van der Waals surface area contributed by atoms with Gasteiger partial charge in [-0.25, -0.2) is 9.18 Å². The number of nitrogens with one attached hydrogen (secondary N) is 1. The summed E-state index contributed by atoms with van der Waals surface area (Å²) in [5.74, 6) is -1.03. The van der Waals surface area contributed by atoms with Crippen LogP contribution in [0.5, 0.6) is 0 Å². The molecule has 1 aromatic rings. The van der Waals surface area contributed by atoms with Crippen LogP contribution in [-0.4, -0.2) is 19.1 Å². The summed E-state index contributed by atoms with van der Waals surface area (Å²) < 4.78 is 18.1. The van der Waals surface area contributed by atoms with Crippen LogP contribution in [0.3, 0.4) is 0 Å². The van der Waals surface area contributed by atoms with E-state index in [2.05, 4.69) is 10.1 Å². The van der Waals surface area contributed by atoms with E-state index in [4.69, 9.17) is 5.26 Å². The molecule has 0 aromatic heterocycles. The number of esters is 1. The highest BCUT2D eigenvalue weighted by Gasteiger charge is 2.22. The average Bonchev–Trinajstić information content (AvgIpc) is 2.35. The maximum absolute atomic E-state index is 13.4. The molecule has 0 aliphatic heterocycles. The zero-order valence-corrected chi connectivity index (χ0v) is 10.5. The predicted molar refractivity (Wildman–Crippen MR) is 65.4 cm³/mol. The Morgan fingerprint density at radius 3 is 2.61 bits per heavy atom. The Hall–Kier alpha value is -2.09. The van der Waals surface area contributed by atoms with Crippen LogP contribution in [0, 0.1) is 23.1 Å². The molecule has 5 heteroatoms. The van der Waals surface area contributed by atoms with Crippen LogP contribution in [0.2, 0.25) is 0 Å². The van der Waals surface area contributed by atoms with Crippen LogP contribution in [0.4, 0.5) is 10.1 Å². The lowest BCUT2D eigenvalue weighted by Gasteiger charge is -2.21. The van der Waals surface area contributed by atoms with E-state index in [1.807, 2.05) is 13.8 Å². The topological polar surface area (TPSA) is 62.1 Å². The van der Waals surface area contributed by atoms with E-state index in [1.165, 1.54) is 19.2 Å². The van der Waals surface area contributed by atoms with E-state index in [0.717, 1.165) is 0 Å². The van der Waals surface area contributed by atoms with Gasteiger partial charge in [0, 0.05) is 5.69 Å². The van der Waals surface area contributed by atoms with Crippen molar-refractivity contribution in [2.24, 2.45) is 5.92 Å². The largest absolute Gasteiger partial charge is 0.467 e. The zero-order chi connectivity index (χ0) is 13.7. The van der Waals surface area contributed by atoms with E-state index in [9.17, 15) is 9.18 Å². The molecule has 0 saturated heterocycles. The van der Waals surface area contributed by atoms with Crippen LogP contribution in [-0.2, 0) is 9.53 Å². The van der Waals surface area contributed by atoms with Gasteiger partial charge in [-0.3, -0.25) is 0 Å². The van der Waals surface area contributed by atoms with Crippen molar-refractivity contribution in [1.82, 2.24) is 0 Å². The van der Waals surface area contributed by atoms with Crippen molar-refractivity contribution in [3.05, 3.63) is 29.6 Å².